The minimum atomic E-state index is -3.36. The second-order valence-electron chi connectivity index (χ2n) is 6.71. The Hall–Kier alpha value is -2.49. The first-order valence-corrected chi connectivity index (χ1v) is 11.8. The highest BCUT2D eigenvalue weighted by molar-refractivity contribution is 7.92. The summed E-state index contributed by atoms with van der Waals surface area (Å²) in [7, 11) is -3.36. The minimum Gasteiger partial charge on any atom is -0.473 e. The molecule has 10 heteroatoms. The summed E-state index contributed by atoms with van der Waals surface area (Å²) in [6, 6.07) is 9.72. The van der Waals surface area contributed by atoms with E-state index in [-0.39, 0.29) is 20.9 Å². The molecule has 4 rings (SSSR count). The second kappa shape index (κ2) is 8.33. The van der Waals surface area contributed by atoms with Crippen molar-refractivity contribution in [1.29, 1.82) is 0 Å². The summed E-state index contributed by atoms with van der Waals surface area (Å²) in [4.78, 5) is 17.0. The van der Waals surface area contributed by atoms with Gasteiger partial charge in [0.05, 0.1) is 10.1 Å². The lowest BCUT2D eigenvalue weighted by molar-refractivity contribution is -0.123. The van der Waals surface area contributed by atoms with E-state index in [9.17, 15) is 17.6 Å². The van der Waals surface area contributed by atoms with Crippen LogP contribution in [0.4, 0.5) is 9.52 Å². The van der Waals surface area contributed by atoms with E-state index < -0.39 is 27.7 Å². The van der Waals surface area contributed by atoms with Crippen LogP contribution in [0.2, 0.25) is 5.02 Å². The number of hydrogen-bond donors (Lipinski definition) is 1. The molecular weight excluding hydrogens is 451 g/mol. The van der Waals surface area contributed by atoms with Crippen molar-refractivity contribution in [1.82, 2.24) is 4.98 Å². The van der Waals surface area contributed by atoms with Gasteiger partial charge in [0, 0.05) is 22.2 Å². The SMILES string of the molecule is O=C(Nc1nccs1)C(Oc1ccc(Cl)cc1F)c1ccc(S(=O)(=O)C2CC2)cc1. The quantitative estimate of drug-likeness (QED) is 0.548. The highest BCUT2D eigenvalue weighted by Crippen LogP contribution is 2.34. The molecule has 1 fully saturated rings. The summed E-state index contributed by atoms with van der Waals surface area (Å²) >= 11 is 7.00. The summed E-state index contributed by atoms with van der Waals surface area (Å²) in [6.45, 7) is 0. The Morgan fingerprint density at radius 3 is 2.57 bits per heavy atom. The predicted molar refractivity (Wildman–Crippen MR) is 112 cm³/mol. The molecule has 1 unspecified atom stereocenters. The van der Waals surface area contributed by atoms with Gasteiger partial charge in [0.1, 0.15) is 0 Å². The highest BCUT2D eigenvalue weighted by atomic mass is 35.5. The van der Waals surface area contributed by atoms with Crippen molar-refractivity contribution in [2.45, 2.75) is 29.1 Å². The van der Waals surface area contributed by atoms with Gasteiger partial charge in [-0.05, 0) is 43.2 Å². The van der Waals surface area contributed by atoms with E-state index >= 15 is 0 Å². The van der Waals surface area contributed by atoms with Crippen molar-refractivity contribution in [3.8, 4) is 5.75 Å². The van der Waals surface area contributed by atoms with E-state index in [1.165, 1.54) is 53.9 Å². The van der Waals surface area contributed by atoms with Crippen LogP contribution in [0.5, 0.6) is 5.75 Å². The van der Waals surface area contributed by atoms with Crippen LogP contribution in [-0.2, 0) is 14.6 Å². The second-order valence-corrected chi connectivity index (χ2v) is 10.3. The monoisotopic (exact) mass is 466 g/mol. The van der Waals surface area contributed by atoms with Gasteiger partial charge in [-0.1, -0.05) is 23.7 Å². The molecule has 30 heavy (non-hydrogen) atoms. The maximum absolute atomic E-state index is 14.3. The Bertz CT molecular complexity index is 1160. The number of anilines is 1. The average molecular weight is 467 g/mol. The first-order valence-electron chi connectivity index (χ1n) is 9.00. The number of ether oxygens (including phenoxy) is 1. The smallest absolute Gasteiger partial charge is 0.271 e. The molecule has 156 valence electrons. The molecule has 1 aliphatic carbocycles. The predicted octanol–water partition coefficient (Wildman–Crippen LogP) is 4.63. The summed E-state index contributed by atoms with van der Waals surface area (Å²) in [5, 5.41) is 4.53. The van der Waals surface area contributed by atoms with E-state index in [1.54, 1.807) is 5.38 Å². The van der Waals surface area contributed by atoms with Crippen molar-refractivity contribution in [2.75, 3.05) is 5.32 Å². The molecule has 1 saturated carbocycles. The molecule has 1 amide bonds. The number of nitrogens with one attached hydrogen (secondary N) is 1. The first-order chi connectivity index (χ1) is 14.3. The zero-order chi connectivity index (χ0) is 21.3. The molecule has 1 aromatic heterocycles. The van der Waals surface area contributed by atoms with Crippen LogP contribution in [0.25, 0.3) is 0 Å². The number of amides is 1. The van der Waals surface area contributed by atoms with E-state index in [2.05, 4.69) is 10.3 Å². The molecule has 3 aromatic rings. The third-order valence-electron chi connectivity index (χ3n) is 4.51. The number of halogens is 2. The summed E-state index contributed by atoms with van der Waals surface area (Å²) in [5.41, 5.74) is 0.369. The Morgan fingerprint density at radius 2 is 1.97 bits per heavy atom. The number of thiazole rings is 1. The maximum atomic E-state index is 14.3. The fourth-order valence-electron chi connectivity index (χ4n) is 2.83. The Kier molecular flexibility index (Phi) is 5.77. The number of hydrogen-bond acceptors (Lipinski definition) is 6. The van der Waals surface area contributed by atoms with Crippen LogP contribution in [0, 0.1) is 5.82 Å². The van der Waals surface area contributed by atoms with E-state index in [1.807, 2.05) is 0 Å². The molecular formula is C20H16ClFN2O4S2. The molecule has 6 nitrogen and oxygen atoms in total. The molecule has 0 aliphatic heterocycles. The number of carbonyl (C=O) groups excluding carboxylic acids is 1. The number of benzene rings is 2. The van der Waals surface area contributed by atoms with Gasteiger partial charge in [-0.25, -0.2) is 17.8 Å². The van der Waals surface area contributed by atoms with Crippen LogP contribution in [0.1, 0.15) is 24.5 Å². The summed E-state index contributed by atoms with van der Waals surface area (Å²) in [6.07, 6.45) is 1.61. The Labute approximate surface area is 181 Å². The van der Waals surface area contributed by atoms with Crippen molar-refractivity contribution in [2.24, 2.45) is 0 Å². The van der Waals surface area contributed by atoms with Gasteiger partial charge >= 0.3 is 0 Å². The molecule has 2 aromatic carbocycles. The number of nitrogens with zero attached hydrogens (tertiary/aromatic N) is 1. The van der Waals surface area contributed by atoms with Gasteiger partial charge in [-0.2, -0.15) is 0 Å². The van der Waals surface area contributed by atoms with Gasteiger partial charge in [0.2, 0.25) is 6.10 Å². The Balaban J connectivity index is 1.64. The highest BCUT2D eigenvalue weighted by Gasteiger charge is 2.37. The van der Waals surface area contributed by atoms with Crippen LogP contribution in [0.3, 0.4) is 0 Å². The van der Waals surface area contributed by atoms with Crippen molar-refractivity contribution in [3.63, 3.8) is 0 Å². The number of aromatic nitrogens is 1. The fraction of sp³-hybridized carbons (Fsp3) is 0.200. The molecule has 1 aliphatic rings. The summed E-state index contributed by atoms with van der Waals surface area (Å²) < 4.78 is 44.7. The lowest BCUT2D eigenvalue weighted by atomic mass is 10.1. The average Bonchev–Trinajstić information content (AvgIpc) is 3.46. The Morgan fingerprint density at radius 1 is 1.23 bits per heavy atom. The van der Waals surface area contributed by atoms with Crippen molar-refractivity contribution in [3.05, 3.63) is 70.4 Å². The van der Waals surface area contributed by atoms with E-state index in [4.69, 9.17) is 16.3 Å². The van der Waals surface area contributed by atoms with Crippen molar-refractivity contribution >= 4 is 43.8 Å². The van der Waals surface area contributed by atoms with Gasteiger partial charge in [0.25, 0.3) is 5.91 Å². The molecule has 1 atom stereocenters. The lowest BCUT2D eigenvalue weighted by Gasteiger charge is -2.19. The topological polar surface area (TPSA) is 85.4 Å². The third kappa shape index (κ3) is 4.48. The molecule has 1 N–H and O–H groups in total. The molecule has 0 spiro atoms. The molecule has 0 bridgehead atoms. The van der Waals surface area contributed by atoms with E-state index in [0.717, 1.165) is 6.07 Å². The van der Waals surface area contributed by atoms with Crippen LogP contribution < -0.4 is 10.1 Å². The van der Waals surface area contributed by atoms with Gasteiger partial charge in [0.15, 0.2) is 26.5 Å². The first kappa shape index (κ1) is 20.8. The van der Waals surface area contributed by atoms with Crippen LogP contribution >= 0.6 is 22.9 Å². The zero-order valence-electron chi connectivity index (χ0n) is 15.4. The van der Waals surface area contributed by atoms with Crippen LogP contribution in [-0.4, -0.2) is 24.6 Å². The van der Waals surface area contributed by atoms with Gasteiger partial charge < -0.3 is 4.74 Å². The molecule has 0 radical (unpaired) electrons. The normalized spacial score (nSPS) is 14.9. The fourth-order valence-corrected chi connectivity index (χ4v) is 5.18. The van der Waals surface area contributed by atoms with Crippen molar-refractivity contribution < 1.29 is 22.3 Å². The minimum absolute atomic E-state index is 0.159. The van der Waals surface area contributed by atoms with Crippen LogP contribution in [0.15, 0.2) is 58.9 Å². The maximum Gasteiger partial charge on any atom is 0.271 e. The number of rotatable bonds is 7. The number of carbonyl (C=O) groups is 1. The molecule has 1 heterocycles. The largest absolute Gasteiger partial charge is 0.473 e. The van der Waals surface area contributed by atoms with Gasteiger partial charge in [-0.15, -0.1) is 11.3 Å². The van der Waals surface area contributed by atoms with E-state index in [0.29, 0.717) is 23.5 Å². The van der Waals surface area contributed by atoms with Gasteiger partial charge in [-0.3, -0.25) is 10.1 Å². The number of sulfone groups is 1. The molecule has 0 saturated heterocycles. The standard InChI is InChI=1S/C20H16ClFN2O4S2/c21-13-3-8-17(16(22)11-13)28-18(19(25)24-20-23-9-10-29-20)12-1-4-14(5-2-12)30(26,27)15-6-7-15/h1-5,8-11,15,18H,6-7H2,(H,23,24,25). The summed E-state index contributed by atoms with van der Waals surface area (Å²) in [5.74, 6) is -1.45. The third-order valence-corrected chi connectivity index (χ3v) is 7.72. The zero-order valence-corrected chi connectivity index (χ0v) is 17.8. The lowest BCUT2D eigenvalue weighted by Crippen LogP contribution is -2.26.